The fraction of sp³-hybridized carbons (Fsp3) is 0.143. The molecule has 0 bridgehead atoms. The van der Waals surface area contributed by atoms with Gasteiger partial charge in [-0.1, -0.05) is 15.9 Å². The summed E-state index contributed by atoms with van der Waals surface area (Å²) in [7, 11) is 0. The summed E-state index contributed by atoms with van der Waals surface area (Å²) in [4.78, 5) is 8.13. The molecular weight excluding hydrogens is 236 g/mol. The summed E-state index contributed by atoms with van der Waals surface area (Å²) >= 11 is 3.25. The van der Waals surface area contributed by atoms with Gasteiger partial charge in [-0.15, -0.1) is 10.2 Å². The molecule has 0 spiro atoms. The fourth-order valence-corrected chi connectivity index (χ4v) is 1.12. The van der Waals surface area contributed by atoms with E-state index in [1.165, 1.54) is 6.39 Å². The highest BCUT2D eigenvalue weighted by molar-refractivity contribution is 9.08. The van der Waals surface area contributed by atoms with Crippen molar-refractivity contribution in [3.8, 4) is 11.5 Å². The molecule has 0 saturated carbocycles. The van der Waals surface area contributed by atoms with Crippen molar-refractivity contribution in [3.05, 3.63) is 24.6 Å². The maximum absolute atomic E-state index is 4.98. The smallest absolute Gasteiger partial charge is 0.250 e. The van der Waals surface area contributed by atoms with Gasteiger partial charge < -0.3 is 4.42 Å². The summed E-state index contributed by atoms with van der Waals surface area (Å²) < 4.78 is 4.98. The van der Waals surface area contributed by atoms with E-state index in [0.717, 1.165) is 11.4 Å². The summed E-state index contributed by atoms with van der Waals surface area (Å²) in [6.45, 7) is 0. The Bertz CT molecular complexity index is 372. The summed E-state index contributed by atoms with van der Waals surface area (Å²) in [6, 6.07) is 0. The highest BCUT2D eigenvalue weighted by Crippen LogP contribution is 2.13. The highest BCUT2D eigenvalue weighted by Gasteiger charge is 2.03. The number of hydrogen-bond donors (Lipinski definition) is 0. The van der Waals surface area contributed by atoms with Crippen LogP contribution in [0.25, 0.3) is 11.5 Å². The number of rotatable bonds is 2. The first kappa shape index (κ1) is 8.31. The molecule has 6 heteroatoms. The van der Waals surface area contributed by atoms with Crippen LogP contribution in [-0.2, 0) is 5.33 Å². The van der Waals surface area contributed by atoms with Crippen LogP contribution in [0.5, 0.6) is 0 Å². The van der Waals surface area contributed by atoms with Crippen molar-refractivity contribution in [1.29, 1.82) is 0 Å². The monoisotopic (exact) mass is 240 g/mol. The van der Waals surface area contributed by atoms with Crippen molar-refractivity contribution in [3.63, 3.8) is 0 Å². The lowest BCUT2D eigenvalue weighted by molar-refractivity contribution is 0.568. The normalized spacial score (nSPS) is 10.2. The summed E-state index contributed by atoms with van der Waals surface area (Å²) in [6.07, 6.45) is 4.57. The Morgan fingerprint density at radius 3 is 2.62 bits per heavy atom. The minimum atomic E-state index is 0.432. The maximum Gasteiger partial charge on any atom is 0.250 e. The predicted octanol–water partition coefficient (Wildman–Crippen LogP) is 1.42. The van der Waals surface area contributed by atoms with Crippen LogP contribution in [0.3, 0.4) is 0 Å². The topological polar surface area (TPSA) is 64.7 Å². The van der Waals surface area contributed by atoms with Gasteiger partial charge in [0, 0.05) is 12.4 Å². The molecule has 0 N–H and O–H groups in total. The lowest BCUT2D eigenvalue weighted by atomic mass is 10.3. The van der Waals surface area contributed by atoms with Crippen LogP contribution in [0, 0.1) is 0 Å². The van der Waals surface area contributed by atoms with Gasteiger partial charge in [-0.3, -0.25) is 0 Å². The Balaban J connectivity index is 2.33. The van der Waals surface area contributed by atoms with Gasteiger partial charge in [0.2, 0.25) is 6.39 Å². The zero-order chi connectivity index (χ0) is 9.10. The molecule has 2 heterocycles. The number of aromatic nitrogens is 4. The Kier molecular flexibility index (Phi) is 2.31. The van der Waals surface area contributed by atoms with Crippen LogP contribution in [0.15, 0.2) is 23.2 Å². The quantitative estimate of drug-likeness (QED) is 0.744. The largest absolute Gasteiger partial charge is 0.423 e. The average Bonchev–Trinajstić information content (AvgIpc) is 2.71. The van der Waals surface area contributed by atoms with E-state index in [4.69, 9.17) is 4.42 Å². The SMILES string of the molecule is BrCc1ncc(-c2nnco2)cn1. The van der Waals surface area contributed by atoms with Gasteiger partial charge in [-0.05, 0) is 0 Å². The van der Waals surface area contributed by atoms with Gasteiger partial charge in [0.1, 0.15) is 5.82 Å². The Morgan fingerprint density at radius 1 is 1.31 bits per heavy atom. The number of alkyl halides is 1. The lowest BCUT2D eigenvalue weighted by Crippen LogP contribution is -1.90. The molecule has 5 nitrogen and oxygen atoms in total. The molecular formula is C7H5BrN4O. The number of nitrogens with zero attached hydrogens (tertiary/aromatic N) is 4. The summed E-state index contributed by atoms with van der Waals surface area (Å²) in [5.41, 5.74) is 0.724. The molecule has 0 unspecified atom stereocenters. The van der Waals surface area contributed by atoms with E-state index in [9.17, 15) is 0 Å². The molecule has 0 aliphatic carbocycles. The Morgan fingerprint density at radius 2 is 2.08 bits per heavy atom. The molecule has 2 aromatic rings. The molecule has 2 rings (SSSR count). The molecule has 0 radical (unpaired) electrons. The number of hydrogen-bond acceptors (Lipinski definition) is 5. The zero-order valence-electron chi connectivity index (χ0n) is 6.51. The van der Waals surface area contributed by atoms with Crippen molar-refractivity contribution in [1.82, 2.24) is 20.2 Å². The average molecular weight is 241 g/mol. The van der Waals surface area contributed by atoms with E-state index < -0.39 is 0 Å². The molecule has 0 aliphatic heterocycles. The third kappa shape index (κ3) is 1.72. The molecule has 0 fully saturated rings. The molecule has 0 aliphatic rings. The third-order valence-corrected chi connectivity index (χ3v) is 1.93. The third-order valence-electron chi connectivity index (χ3n) is 1.43. The zero-order valence-corrected chi connectivity index (χ0v) is 8.10. The van der Waals surface area contributed by atoms with Gasteiger partial charge in [0.25, 0.3) is 5.89 Å². The Labute approximate surface area is 82.4 Å². The van der Waals surface area contributed by atoms with Crippen LogP contribution in [-0.4, -0.2) is 20.2 Å². The Hall–Kier alpha value is -1.30. The highest BCUT2D eigenvalue weighted by atomic mass is 79.9. The summed E-state index contributed by atoms with van der Waals surface area (Å²) in [5, 5.41) is 7.93. The van der Waals surface area contributed by atoms with E-state index in [-0.39, 0.29) is 0 Å². The van der Waals surface area contributed by atoms with Crippen molar-refractivity contribution in [2.75, 3.05) is 0 Å². The molecule has 0 amide bonds. The molecule has 0 atom stereocenters. The van der Waals surface area contributed by atoms with Crippen LogP contribution in [0.1, 0.15) is 5.82 Å². The van der Waals surface area contributed by atoms with Crippen molar-refractivity contribution in [2.24, 2.45) is 0 Å². The number of halogens is 1. The fourth-order valence-electron chi connectivity index (χ4n) is 0.833. The van der Waals surface area contributed by atoms with Crippen molar-refractivity contribution < 1.29 is 4.42 Å². The molecule has 66 valence electrons. The van der Waals surface area contributed by atoms with Crippen LogP contribution in [0.4, 0.5) is 0 Å². The van der Waals surface area contributed by atoms with Gasteiger partial charge in [-0.25, -0.2) is 9.97 Å². The second-order valence-electron chi connectivity index (χ2n) is 2.27. The van der Waals surface area contributed by atoms with Crippen molar-refractivity contribution >= 4 is 15.9 Å². The van der Waals surface area contributed by atoms with Crippen molar-refractivity contribution in [2.45, 2.75) is 5.33 Å². The van der Waals surface area contributed by atoms with E-state index in [2.05, 4.69) is 36.1 Å². The second kappa shape index (κ2) is 3.61. The van der Waals surface area contributed by atoms with E-state index in [1.807, 2.05) is 0 Å². The maximum atomic E-state index is 4.98. The lowest BCUT2D eigenvalue weighted by Gasteiger charge is -1.94. The van der Waals surface area contributed by atoms with Crippen LogP contribution >= 0.6 is 15.9 Å². The van der Waals surface area contributed by atoms with E-state index >= 15 is 0 Å². The minimum Gasteiger partial charge on any atom is -0.423 e. The van der Waals surface area contributed by atoms with Gasteiger partial charge in [0.15, 0.2) is 0 Å². The first-order valence-corrected chi connectivity index (χ1v) is 4.65. The summed E-state index contributed by atoms with van der Waals surface area (Å²) in [5.74, 6) is 1.16. The molecule has 2 aromatic heterocycles. The van der Waals surface area contributed by atoms with Gasteiger partial charge in [0.05, 0.1) is 10.9 Å². The standard InChI is InChI=1S/C7H5BrN4O/c8-1-6-9-2-5(3-10-6)7-12-11-4-13-7/h2-4H,1H2. The first-order valence-electron chi connectivity index (χ1n) is 3.53. The molecule has 0 aromatic carbocycles. The second-order valence-corrected chi connectivity index (χ2v) is 2.83. The van der Waals surface area contributed by atoms with Gasteiger partial charge in [-0.2, -0.15) is 0 Å². The van der Waals surface area contributed by atoms with Crippen LogP contribution < -0.4 is 0 Å². The minimum absolute atomic E-state index is 0.432. The molecule has 13 heavy (non-hydrogen) atoms. The molecule has 0 saturated heterocycles. The van der Waals surface area contributed by atoms with Crippen LogP contribution in [0.2, 0.25) is 0 Å². The first-order chi connectivity index (χ1) is 6.40. The van der Waals surface area contributed by atoms with Gasteiger partial charge >= 0.3 is 0 Å². The van der Waals surface area contributed by atoms with E-state index in [0.29, 0.717) is 11.2 Å². The van der Waals surface area contributed by atoms with E-state index in [1.54, 1.807) is 12.4 Å². The predicted molar refractivity (Wildman–Crippen MR) is 48.0 cm³/mol.